The van der Waals surface area contributed by atoms with Crippen LogP contribution in [-0.2, 0) is 6.42 Å². The highest BCUT2D eigenvalue weighted by molar-refractivity contribution is 5.78. The average molecular weight is 285 g/mol. The number of piperidine rings is 1. The van der Waals surface area contributed by atoms with Gasteiger partial charge in [0.25, 0.3) is 0 Å². The molecule has 2 aromatic rings. The summed E-state index contributed by atoms with van der Waals surface area (Å²) in [7, 11) is 1.72. The molecule has 0 spiro atoms. The molecule has 1 saturated carbocycles. The van der Waals surface area contributed by atoms with Gasteiger partial charge in [0.15, 0.2) is 0 Å². The summed E-state index contributed by atoms with van der Waals surface area (Å²) >= 11 is 0. The van der Waals surface area contributed by atoms with Crippen molar-refractivity contribution in [2.45, 2.75) is 38.1 Å². The van der Waals surface area contributed by atoms with Gasteiger partial charge in [-0.3, -0.25) is 0 Å². The van der Waals surface area contributed by atoms with E-state index < -0.39 is 0 Å². The van der Waals surface area contributed by atoms with Gasteiger partial charge in [0.05, 0.1) is 18.1 Å². The second kappa shape index (κ2) is 5.34. The molecule has 0 bridgehead atoms. The maximum Gasteiger partial charge on any atom is 0.121 e. The van der Waals surface area contributed by atoms with Gasteiger partial charge in [-0.15, -0.1) is 0 Å². The number of hydrogen-bond acceptors (Lipinski definition) is 3. The summed E-state index contributed by atoms with van der Waals surface area (Å²) in [5.74, 6) is 2.96. The molecule has 0 radical (unpaired) electrons. The van der Waals surface area contributed by atoms with E-state index in [-0.39, 0.29) is 0 Å². The summed E-state index contributed by atoms with van der Waals surface area (Å²) in [5.41, 5.74) is 2.37. The summed E-state index contributed by atoms with van der Waals surface area (Å²) in [6, 6.07) is 6.98. The van der Waals surface area contributed by atoms with Crippen molar-refractivity contribution in [1.29, 1.82) is 0 Å². The lowest BCUT2D eigenvalue weighted by atomic mass is 9.94. The van der Waals surface area contributed by atoms with Gasteiger partial charge in [0, 0.05) is 18.5 Å². The highest BCUT2D eigenvalue weighted by atomic mass is 16.5. The lowest BCUT2D eigenvalue weighted by Crippen LogP contribution is -2.29. The molecular weight excluding hydrogens is 262 g/mol. The zero-order valence-corrected chi connectivity index (χ0v) is 12.6. The molecule has 2 heterocycles. The zero-order valence-electron chi connectivity index (χ0n) is 12.6. The van der Waals surface area contributed by atoms with E-state index in [1.54, 1.807) is 7.11 Å². The van der Waals surface area contributed by atoms with E-state index in [0.717, 1.165) is 36.7 Å². The Labute approximate surface area is 125 Å². The molecule has 1 aliphatic heterocycles. The number of methoxy groups -OCH3 is 1. The summed E-state index contributed by atoms with van der Waals surface area (Å²) in [6.07, 6.45) is 6.27. The fraction of sp³-hybridized carbons (Fsp3) is 0.588. The second-order valence-electron chi connectivity index (χ2n) is 6.38. The smallest absolute Gasteiger partial charge is 0.121 e. The second-order valence-corrected chi connectivity index (χ2v) is 6.38. The molecule has 0 unspecified atom stereocenters. The van der Waals surface area contributed by atoms with Gasteiger partial charge in [-0.05, 0) is 56.8 Å². The first-order valence-corrected chi connectivity index (χ1v) is 8.10. The molecule has 2 aliphatic rings. The molecule has 4 heteroatoms. The Morgan fingerprint density at radius 1 is 1.24 bits per heavy atom. The van der Waals surface area contributed by atoms with E-state index in [4.69, 9.17) is 9.72 Å². The van der Waals surface area contributed by atoms with Crippen LogP contribution in [0.1, 0.15) is 37.5 Å². The Kier molecular flexibility index (Phi) is 3.34. The highest BCUT2D eigenvalue weighted by Gasteiger charge is 2.29. The fourth-order valence-corrected chi connectivity index (χ4v) is 3.48. The van der Waals surface area contributed by atoms with Crippen LogP contribution in [0.5, 0.6) is 5.75 Å². The molecule has 21 heavy (non-hydrogen) atoms. The predicted molar refractivity (Wildman–Crippen MR) is 83.9 cm³/mol. The first-order valence-electron chi connectivity index (χ1n) is 8.10. The van der Waals surface area contributed by atoms with Crippen molar-refractivity contribution in [3.8, 4) is 5.75 Å². The zero-order chi connectivity index (χ0) is 14.2. The minimum Gasteiger partial charge on any atom is -0.497 e. The SMILES string of the molecule is COc1ccc2c(c1)nc(CC1CCNCC1)n2C1CC1. The Hall–Kier alpha value is -1.55. The lowest BCUT2D eigenvalue weighted by Gasteiger charge is -2.22. The van der Waals surface area contributed by atoms with Crippen LogP contribution in [0, 0.1) is 5.92 Å². The van der Waals surface area contributed by atoms with Gasteiger partial charge in [-0.1, -0.05) is 0 Å². The quantitative estimate of drug-likeness (QED) is 0.939. The van der Waals surface area contributed by atoms with Crippen molar-refractivity contribution in [1.82, 2.24) is 14.9 Å². The van der Waals surface area contributed by atoms with Crippen LogP contribution >= 0.6 is 0 Å². The monoisotopic (exact) mass is 285 g/mol. The third-order valence-electron chi connectivity index (χ3n) is 4.81. The molecule has 0 atom stereocenters. The van der Waals surface area contributed by atoms with Crippen LogP contribution in [0.15, 0.2) is 18.2 Å². The number of ether oxygens (including phenoxy) is 1. The van der Waals surface area contributed by atoms with E-state index in [1.807, 2.05) is 0 Å². The van der Waals surface area contributed by atoms with Crippen molar-refractivity contribution >= 4 is 11.0 Å². The van der Waals surface area contributed by atoms with Crippen LogP contribution < -0.4 is 10.1 Å². The third-order valence-corrected chi connectivity index (χ3v) is 4.81. The van der Waals surface area contributed by atoms with Crippen LogP contribution in [0.2, 0.25) is 0 Å². The Morgan fingerprint density at radius 2 is 2.05 bits per heavy atom. The molecule has 4 nitrogen and oxygen atoms in total. The van der Waals surface area contributed by atoms with E-state index in [2.05, 4.69) is 28.1 Å². The number of nitrogens with zero attached hydrogens (tertiary/aromatic N) is 2. The van der Waals surface area contributed by atoms with E-state index >= 15 is 0 Å². The number of rotatable bonds is 4. The van der Waals surface area contributed by atoms with Gasteiger partial charge in [0.2, 0.25) is 0 Å². The minimum atomic E-state index is 0.681. The summed E-state index contributed by atoms with van der Waals surface area (Å²) < 4.78 is 7.84. The number of aromatic nitrogens is 2. The van der Waals surface area contributed by atoms with Crippen molar-refractivity contribution in [3.63, 3.8) is 0 Å². The van der Waals surface area contributed by atoms with Crippen LogP contribution in [0.4, 0.5) is 0 Å². The topological polar surface area (TPSA) is 39.1 Å². The number of hydrogen-bond donors (Lipinski definition) is 1. The molecule has 0 amide bonds. The molecule has 1 N–H and O–H groups in total. The van der Waals surface area contributed by atoms with Crippen molar-refractivity contribution in [2.75, 3.05) is 20.2 Å². The molecule has 112 valence electrons. The first kappa shape index (κ1) is 13.1. The van der Waals surface area contributed by atoms with E-state index in [0.29, 0.717) is 6.04 Å². The number of imidazole rings is 1. The molecule has 2 fully saturated rings. The Bertz CT molecular complexity index is 639. The van der Waals surface area contributed by atoms with Crippen molar-refractivity contribution in [2.24, 2.45) is 5.92 Å². The summed E-state index contributed by atoms with van der Waals surface area (Å²) in [6.45, 7) is 2.31. The van der Waals surface area contributed by atoms with E-state index in [9.17, 15) is 0 Å². The molecule has 1 saturated heterocycles. The van der Waals surface area contributed by atoms with Gasteiger partial charge >= 0.3 is 0 Å². The van der Waals surface area contributed by atoms with E-state index in [1.165, 1.54) is 37.0 Å². The standard InChI is InChI=1S/C17H23N3O/c1-21-14-4-5-16-15(11-14)19-17(20(16)13-2-3-13)10-12-6-8-18-9-7-12/h4-5,11-13,18H,2-3,6-10H2,1H3. The normalized spacial score (nSPS) is 20.0. The third kappa shape index (κ3) is 2.53. The molecule has 1 aliphatic carbocycles. The predicted octanol–water partition coefficient (Wildman–Crippen LogP) is 2.92. The van der Waals surface area contributed by atoms with Gasteiger partial charge in [0.1, 0.15) is 11.6 Å². The maximum atomic E-state index is 5.34. The highest BCUT2D eigenvalue weighted by Crippen LogP contribution is 2.40. The number of fused-ring (bicyclic) bond motifs is 1. The molecule has 1 aromatic carbocycles. The largest absolute Gasteiger partial charge is 0.497 e. The van der Waals surface area contributed by atoms with Gasteiger partial charge in [-0.2, -0.15) is 0 Å². The van der Waals surface area contributed by atoms with Crippen molar-refractivity contribution in [3.05, 3.63) is 24.0 Å². The summed E-state index contributed by atoms with van der Waals surface area (Å²) in [5, 5.41) is 3.45. The molecule has 1 aromatic heterocycles. The number of nitrogens with one attached hydrogen (secondary N) is 1. The molecular formula is C17H23N3O. The van der Waals surface area contributed by atoms with Gasteiger partial charge in [-0.25, -0.2) is 4.98 Å². The lowest BCUT2D eigenvalue weighted by molar-refractivity contribution is 0.363. The maximum absolute atomic E-state index is 5.34. The Balaban J connectivity index is 1.70. The van der Waals surface area contributed by atoms with Crippen molar-refractivity contribution < 1.29 is 4.74 Å². The van der Waals surface area contributed by atoms with Crippen LogP contribution in [0.25, 0.3) is 11.0 Å². The minimum absolute atomic E-state index is 0.681. The van der Waals surface area contributed by atoms with Crippen LogP contribution in [-0.4, -0.2) is 29.8 Å². The van der Waals surface area contributed by atoms with Gasteiger partial charge < -0.3 is 14.6 Å². The average Bonchev–Trinajstić information content (AvgIpc) is 3.29. The summed E-state index contributed by atoms with van der Waals surface area (Å²) in [4.78, 5) is 4.94. The Morgan fingerprint density at radius 3 is 2.76 bits per heavy atom. The van der Waals surface area contributed by atoms with Crippen LogP contribution in [0.3, 0.4) is 0 Å². The molecule has 4 rings (SSSR count). The number of benzene rings is 1. The fourth-order valence-electron chi connectivity index (χ4n) is 3.48. The first-order chi connectivity index (χ1) is 10.3.